The van der Waals surface area contributed by atoms with Gasteiger partial charge in [-0.25, -0.2) is 0 Å². The first-order valence-corrected chi connectivity index (χ1v) is 8.55. The quantitative estimate of drug-likeness (QED) is 0.665. The van der Waals surface area contributed by atoms with E-state index in [4.69, 9.17) is 9.47 Å². The van der Waals surface area contributed by atoms with Crippen molar-refractivity contribution in [2.45, 2.75) is 33.3 Å². The maximum Gasteiger partial charge on any atom is 0.207 e. The smallest absolute Gasteiger partial charge is 0.207 e. The molecule has 0 radical (unpaired) electrons. The molecule has 0 atom stereocenters. The third-order valence-corrected chi connectivity index (χ3v) is 4.22. The molecule has 0 fully saturated rings. The number of rotatable bonds is 10. The van der Waals surface area contributed by atoms with Crippen LogP contribution in [-0.4, -0.2) is 20.1 Å². The Bertz CT molecular complexity index is 668. The Balaban J connectivity index is 2.02. The molecular formula is C21H27NO3. The second-order valence-electron chi connectivity index (χ2n) is 6.92. The van der Waals surface area contributed by atoms with E-state index in [1.165, 1.54) is 5.56 Å². The highest BCUT2D eigenvalue weighted by molar-refractivity contribution is 5.46. The molecule has 0 unspecified atom stereocenters. The Hall–Kier alpha value is -2.49. The van der Waals surface area contributed by atoms with E-state index in [9.17, 15) is 4.79 Å². The summed E-state index contributed by atoms with van der Waals surface area (Å²) < 4.78 is 11.4. The van der Waals surface area contributed by atoms with E-state index in [2.05, 4.69) is 25.2 Å². The molecule has 134 valence electrons. The van der Waals surface area contributed by atoms with Gasteiger partial charge >= 0.3 is 0 Å². The van der Waals surface area contributed by atoms with Crippen LogP contribution in [0.2, 0.25) is 0 Å². The summed E-state index contributed by atoms with van der Waals surface area (Å²) in [4.78, 5) is 10.5. The molecule has 2 aromatic rings. The van der Waals surface area contributed by atoms with Crippen molar-refractivity contribution in [2.75, 3.05) is 13.7 Å². The Labute approximate surface area is 150 Å². The third-order valence-electron chi connectivity index (χ3n) is 4.22. The minimum atomic E-state index is 0.0475. The van der Waals surface area contributed by atoms with Gasteiger partial charge in [0, 0.05) is 6.54 Å². The lowest BCUT2D eigenvalue weighted by molar-refractivity contribution is -0.109. The molecule has 0 aromatic heterocycles. The molecule has 4 nitrogen and oxygen atoms in total. The molecular weight excluding hydrogens is 314 g/mol. The molecule has 2 aromatic carbocycles. The summed E-state index contributed by atoms with van der Waals surface area (Å²) in [5.74, 6) is 1.49. The minimum absolute atomic E-state index is 0.0475. The zero-order chi connectivity index (χ0) is 18.1. The first-order chi connectivity index (χ1) is 12.0. The molecule has 0 aliphatic heterocycles. The third kappa shape index (κ3) is 6.14. The van der Waals surface area contributed by atoms with Gasteiger partial charge in [-0.1, -0.05) is 50.2 Å². The van der Waals surface area contributed by atoms with Crippen molar-refractivity contribution in [1.29, 1.82) is 0 Å². The van der Waals surface area contributed by atoms with Gasteiger partial charge in [-0.2, -0.15) is 0 Å². The zero-order valence-electron chi connectivity index (χ0n) is 15.2. The van der Waals surface area contributed by atoms with Crippen LogP contribution in [0, 0.1) is 5.41 Å². The molecule has 1 amide bonds. The van der Waals surface area contributed by atoms with E-state index in [0.717, 1.165) is 36.3 Å². The molecule has 25 heavy (non-hydrogen) atoms. The number of benzene rings is 2. The van der Waals surface area contributed by atoms with Gasteiger partial charge in [-0.05, 0) is 41.5 Å². The maximum absolute atomic E-state index is 10.5. The standard InChI is InChI=1S/C21H27NO3/c1-21(2,15-22-16-23)12-11-17-9-10-19(24-3)20(13-17)25-14-18-7-5-4-6-8-18/h4-10,13,16H,11-12,14-15H2,1-3H3,(H,22,23). The van der Waals surface area contributed by atoms with E-state index in [0.29, 0.717) is 13.2 Å². The van der Waals surface area contributed by atoms with Gasteiger partial charge in [-0.15, -0.1) is 0 Å². The average Bonchev–Trinajstić information content (AvgIpc) is 2.64. The summed E-state index contributed by atoms with van der Waals surface area (Å²) in [5.41, 5.74) is 2.37. The fourth-order valence-corrected chi connectivity index (χ4v) is 2.61. The summed E-state index contributed by atoms with van der Waals surface area (Å²) in [5, 5.41) is 2.77. The molecule has 0 saturated carbocycles. The van der Waals surface area contributed by atoms with Crippen molar-refractivity contribution >= 4 is 6.41 Å². The number of methoxy groups -OCH3 is 1. The van der Waals surface area contributed by atoms with Gasteiger partial charge in [0.15, 0.2) is 11.5 Å². The molecule has 0 spiro atoms. The van der Waals surface area contributed by atoms with E-state index in [1.54, 1.807) is 7.11 Å². The SMILES string of the molecule is COc1ccc(CCC(C)(C)CNC=O)cc1OCc1ccccc1. The Morgan fingerprint density at radius 1 is 1.04 bits per heavy atom. The monoisotopic (exact) mass is 341 g/mol. The van der Waals surface area contributed by atoms with Gasteiger partial charge in [-0.3, -0.25) is 4.79 Å². The van der Waals surface area contributed by atoms with Crippen molar-refractivity contribution < 1.29 is 14.3 Å². The van der Waals surface area contributed by atoms with Gasteiger partial charge < -0.3 is 14.8 Å². The van der Waals surface area contributed by atoms with Gasteiger partial charge in [0.05, 0.1) is 7.11 Å². The summed E-state index contributed by atoms with van der Waals surface area (Å²) in [7, 11) is 1.65. The molecule has 1 N–H and O–H groups in total. The van der Waals surface area contributed by atoms with Crippen LogP contribution in [0.15, 0.2) is 48.5 Å². The average molecular weight is 341 g/mol. The number of carbonyl (C=O) groups is 1. The van der Waals surface area contributed by atoms with Crippen molar-refractivity contribution in [2.24, 2.45) is 5.41 Å². The van der Waals surface area contributed by atoms with Gasteiger partial charge in [0.2, 0.25) is 6.41 Å². The van der Waals surface area contributed by atoms with Crippen LogP contribution >= 0.6 is 0 Å². The first-order valence-electron chi connectivity index (χ1n) is 8.55. The molecule has 0 saturated heterocycles. The van der Waals surface area contributed by atoms with Crippen molar-refractivity contribution in [3.05, 3.63) is 59.7 Å². The summed E-state index contributed by atoms with van der Waals surface area (Å²) in [6.07, 6.45) is 2.64. The molecule has 2 rings (SSSR count). The summed E-state index contributed by atoms with van der Waals surface area (Å²) in [6, 6.07) is 16.1. The Morgan fingerprint density at radius 3 is 2.48 bits per heavy atom. The normalized spacial score (nSPS) is 11.0. The fourth-order valence-electron chi connectivity index (χ4n) is 2.61. The molecule has 0 heterocycles. The number of carbonyl (C=O) groups excluding carboxylic acids is 1. The topological polar surface area (TPSA) is 47.6 Å². The van der Waals surface area contributed by atoms with Crippen LogP contribution in [-0.2, 0) is 17.8 Å². The molecule has 0 aliphatic carbocycles. The molecule has 4 heteroatoms. The van der Waals surface area contributed by atoms with Crippen molar-refractivity contribution in [1.82, 2.24) is 5.32 Å². The van der Waals surface area contributed by atoms with Crippen LogP contribution in [0.25, 0.3) is 0 Å². The second kappa shape index (κ2) is 9.11. The first kappa shape index (κ1) is 18.8. The highest BCUT2D eigenvalue weighted by Gasteiger charge is 2.17. The van der Waals surface area contributed by atoms with Crippen LogP contribution in [0.4, 0.5) is 0 Å². The minimum Gasteiger partial charge on any atom is -0.493 e. The maximum atomic E-state index is 10.5. The van der Waals surface area contributed by atoms with E-state index >= 15 is 0 Å². The summed E-state index contributed by atoms with van der Waals surface area (Å²) in [6.45, 7) is 5.49. The number of hydrogen-bond acceptors (Lipinski definition) is 3. The van der Waals surface area contributed by atoms with Gasteiger partial charge in [0.25, 0.3) is 0 Å². The van der Waals surface area contributed by atoms with Crippen LogP contribution < -0.4 is 14.8 Å². The predicted molar refractivity (Wildman–Crippen MR) is 99.9 cm³/mol. The van der Waals surface area contributed by atoms with Crippen LogP contribution in [0.1, 0.15) is 31.4 Å². The number of aryl methyl sites for hydroxylation is 1. The predicted octanol–water partition coefficient (Wildman–Crippen LogP) is 3.98. The van der Waals surface area contributed by atoms with Gasteiger partial charge in [0.1, 0.15) is 6.61 Å². The lowest BCUT2D eigenvalue weighted by atomic mass is 9.86. The Morgan fingerprint density at radius 2 is 1.80 bits per heavy atom. The van der Waals surface area contributed by atoms with E-state index in [-0.39, 0.29) is 5.41 Å². The molecule has 0 aliphatic rings. The summed E-state index contributed by atoms with van der Waals surface area (Å²) >= 11 is 0. The fraction of sp³-hybridized carbons (Fsp3) is 0.381. The van der Waals surface area contributed by atoms with E-state index in [1.807, 2.05) is 42.5 Å². The number of nitrogens with one attached hydrogen (secondary N) is 1. The van der Waals surface area contributed by atoms with E-state index < -0.39 is 0 Å². The second-order valence-corrected chi connectivity index (χ2v) is 6.92. The number of amides is 1. The highest BCUT2D eigenvalue weighted by atomic mass is 16.5. The van der Waals surface area contributed by atoms with Crippen LogP contribution in [0.5, 0.6) is 11.5 Å². The number of hydrogen-bond donors (Lipinski definition) is 1. The molecule has 0 bridgehead atoms. The highest BCUT2D eigenvalue weighted by Crippen LogP contribution is 2.30. The number of ether oxygens (including phenoxy) is 2. The van der Waals surface area contributed by atoms with Crippen molar-refractivity contribution in [3.8, 4) is 11.5 Å². The largest absolute Gasteiger partial charge is 0.493 e. The zero-order valence-corrected chi connectivity index (χ0v) is 15.2. The lowest BCUT2D eigenvalue weighted by Gasteiger charge is -2.24. The van der Waals surface area contributed by atoms with Crippen LogP contribution in [0.3, 0.4) is 0 Å². The van der Waals surface area contributed by atoms with Crippen molar-refractivity contribution in [3.63, 3.8) is 0 Å². The lowest BCUT2D eigenvalue weighted by Crippen LogP contribution is -2.28. The Kier molecular flexibility index (Phi) is 6.87.